The van der Waals surface area contributed by atoms with E-state index in [0.29, 0.717) is 13.2 Å². The molecular weight excluding hydrogens is 279 g/mol. The van der Waals surface area contributed by atoms with Crippen molar-refractivity contribution < 1.29 is 9.47 Å². The van der Waals surface area contributed by atoms with Gasteiger partial charge in [0.2, 0.25) is 0 Å². The van der Waals surface area contributed by atoms with Crippen LogP contribution in [0.4, 0.5) is 0 Å². The molecule has 0 N–H and O–H groups in total. The van der Waals surface area contributed by atoms with Crippen LogP contribution in [0.3, 0.4) is 0 Å². The van der Waals surface area contributed by atoms with E-state index in [1.807, 2.05) is 29.5 Å². The second kappa shape index (κ2) is 4.99. The molecule has 1 rings (SSSR count). The Labute approximate surface area is 92.8 Å². The Kier molecular flexibility index (Phi) is 4.23. The number of hydrogen-bond acceptors (Lipinski definition) is 2. The molecule has 1 fully saturated rings. The average molecular weight is 292 g/mol. The van der Waals surface area contributed by atoms with E-state index in [1.54, 1.807) is 0 Å². The van der Waals surface area contributed by atoms with Gasteiger partial charge in [-0.15, -0.1) is 0 Å². The van der Waals surface area contributed by atoms with Crippen LogP contribution in [0, 0.1) is 9.85 Å². The third-order valence-corrected chi connectivity index (χ3v) is 2.43. The number of ether oxygens (including phenoxy) is 2. The molecule has 2 nitrogen and oxygen atoms in total. The molecule has 13 heavy (non-hydrogen) atoms. The summed E-state index contributed by atoms with van der Waals surface area (Å²) in [6.45, 7) is 7.14. The van der Waals surface area contributed by atoms with Crippen molar-refractivity contribution in [3.63, 3.8) is 0 Å². The maximum absolute atomic E-state index is 5.56. The highest BCUT2D eigenvalue weighted by molar-refractivity contribution is 14.1. The van der Waals surface area contributed by atoms with E-state index in [4.69, 9.17) is 9.47 Å². The highest BCUT2D eigenvalue weighted by Crippen LogP contribution is 2.31. The number of halogens is 1. The van der Waals surface area contributed by atoms with Crippen molar-refractivity contribution in [3.05, 3.63) is 12.2 Å². The van der Waals surface area contributed by atoms with Crippen LogP contribution < -0.4 is 0 Å². The fraction of sp³-hybridized carbons (Fsp3) is 0.600. The molecule has 1 aliphatic heterocycles. The van der Waals surface area contributed by atoms with Gasteiger partial charge in [0.25, 0.3) is 0 Å². The highest BCUT2D eigenvalue weighted by atomic mass is 127. The summed E-state index contributed by atoms with van der Waals surface area (Å²) in [4.78, 5) is 0. The van der Waals surface area contributed by atoms with Crippen LogP contribution >= 0.6 is 22.6 Å². The molecular formula is C10H13IO2. The average Bonchev–Trinajstić information content (AvgIpc) is 2.55. The van der Waals surface area contributed by atoms with Crippen LogP contribution in [0.5, 0.6) is 0 Å². The predicted molar refractivity (Wildman–Crippen MR) is 60.5 cm³/mol. The minimum atomic E-state index is -0.555. The zero-order valence-electron chi connectivity index (χ0n) is 7.73. The maximum Gasteiger partial charge on any atom is 0.191 e. The lowest BCUT2D eigenvalue weighted by molar-refractivity contribution is -0.129. The van der Waals surface area contributed by atoms with Gasteiger partial charge in [0.05, 0.1) is 13.2 Å². The summed E-state index contributed by atoms with van der Waals surface area (Å²) in [6.07, 6.45) is 1.56. The molecule has 0 radical (unpaired) electrons. The van der Waals surface area contributed by atoms with Gasteiger partial charge >= 0.3 is 0 Å². The van der Waals surface area contributed by atoms with Crippen LogP contribution in [0.1, 0.15) is 19.8 Å². The first-order valence-corrected chi connectivity index (χ1v) is 5.31. The Morgan fingerprint density at radius 3 is 2.62 bits per heavy atom. The Morgan fingerprint density at radius 1 is 1.54 bits per heavy atom. The Morgan fingerprint density at radius 2 is 2.15 bits per heavy atom. The molecule has 1 aliphatic rings. The molecule has 0 atom stereocenters. The normalized spacial score (nSPS) is 19.2. The van der Waals surface area contributed by atoms with Crippen LogP contribution in [0.25, 0.3) is 0 Å². The summed E-state index contributed by atoms with van der Waals surface area (Å²) in [5, 5.41) is 0. The summed E-state index contributed by atoms with van der Waals surface area (Å²) in [7, 11) is 0. The molecule has 0 aromatic rings. The first-order valence-electron chi connectivity index (χ1n) is 4.24. The molecule has 0 saturated carbocycles. The topological polar surface area (TPSA) is 18.5 Å². The highest BCUT2D eigenvalue weighted by Gasteiger charge is 2.36. The Balaban J connectivity index is 2.55. The minimum absolute atomic E-state index is 0.555. The molecule has 1 saturated heterocycles. The zero-order valence-corrected chi connectivity index (χ0v) is 9.89. The van der Waals surface area contributed by atoms with Gasteiger partial charge < -0.3 is 9.47 Å². The molecule has 0 spiro atoms. The summed E-state index contributed by atoms with van der Waals surface area (Å²) in [6, 6.07) is 0. The van der Waals surface area contributed by atoms with Crippen LogP contribution in [-0.2, 0) is 9.47 Å². The van der Waals surface area contributed by atoms with Gasteiger partial charge in [-0.25, -0.2) is 0 Å². The summed E-state index contributed by atoms with van der Waals surface area (Å²) in [5.41, 5.74) is 0.931. The third-order valence-electron chi connectivity index (χ3n) is 2.05. The largest absolute Gasteiger partial charge is 0.344 e. The SMILES string of the molecule is C=C(C)C1(CCC#CI)OCCO1. The molecule has 0 aromatic carbocycles. The van der Waals surface area contributed by atoms with Crippen molar-refractivity contribution >= 4 is 22.6 Å². The van der Waals surface area contributed by atoms with Crippen molar-refractivity contribution in [2.75, 3.05) is 13.2 Å². The summed E-state index contributed by atoms with van der Waals surface area (Å²) in [5.74, 6) is 2.44. The fourth-order valence-electron chi connectivity index (χ4n) is 1.33. The van der Waals surface area contributed by atoms with E-state index in [-0.39, 0.29) is 0 Å². The van der Waals surface area contributed by atoms with Crippen LogP contribution in [-0.4, -0.2) is 19.0 Å². The van der Waals surface area contributed by atoms with E-state index in [2.05, 4.69) is 16.4 Å². The molecule has 1 heterocycles. The molecule has 0 aliphatic carbocycles. The fourth-order valence-corrected chi connectivity index (χ4v) is 1.60. The predicted octanol–water partition coefficient (Wildman–Crippen LogP) is 2.48. The molecule has 72 valence electrons. The van der Waals surface area contributed by atoms with Crippen LogP contribution in [0.2, 0.25) is 0 Å². The van der Waals surface area contributed by atoms with Gasteiger partial charge in [-0.2, -0.15) is 0 Å². The molecule has 0 amide bonds. The standard InChI is InChI=1S/C10H13IO2/c1-9(2)10(5-3-4-6-11)12-7-8-13-10/h1,3,5,7-8H2,2H3. The van der Waals surface area contributed by atoms with Crippen molar-refractivity contribution in [1.29, 1.82) is 0 Å². The zero-order chi connectivity index (χ0) is 9.73. The lowest BCUT2D eigenvalue weighted by atomic mass is 10.0. The van der Waals surface area contributed by atoms with Gasteiger partial charge in [-0.1, -0.05) is 12.5 Å². The lowest BCUT2D eigenvalue weighted by Crippen LogP contribution is -2.30. The van der Waals surface area contributed by atoms with Crippen LogP contribution in [0.15, 0.2) is 12.2 Å². The minimum Gasteiger partial charge on any atom is -0.344 e. The third kappa shape index (κ3) is 2.70. The second-order valence-electron chi connectivity index (χ2n) is 3.00. The number of rotatable bonds is 3. The quantitative estimate of drug-likeness (QED) is 0.452. The van der Waals surface area contributed by atoms with E-state index in [0.717, 1.165) is 18.4 Å². The van der Waals surface area contributed by atoms with Gasteiger partial charge in [0, 0.05) is 35.4 Å². The Hall–Kier alpha value is -0.0500. The van der Waals surface area contributed by atoms with Gasteiger partial charge in [-0.3, -0.25) is 0 Å². The van der Waals surface area contributed by atoms with E-state index < -0.39 is 5.79 Å². The lowest BCUT2D eigenvalue weighted by Gasteiger charge is -2.26. The molecule has 0 aromatic heterocycles. The van der Waals surface area contributed by atoms with E-state index in [9.17, 15) is 0 Å². The number of hydrogen-bond donors (Lipinski definition) is 0. The maximum atomic E-state index is 5.56. The second-order valence-corrected chi connectivity index (χ2v) is 3.54. The van der Waals surface area contributed by atoms with Gasteiger partial charge in [-0.05, 0) is 16.4 Å². The first-order chi connectivity index (χ1) is 6.21. The monoisotopic (exact) mass is 292 g/mol. The van der Waals surface area contributed by atoms with E-state index in [1.165, 1.54) is 0 Å². The molecule has 0 unspecified atom stereocenters. The van der Waals surface area contributed by atoms with Crippen molar-refractivity contribution in [2.24, 2.45) is 0 Å². The van der Waals surface area contributed by atoms with Gasteiger partial charge in [0.1, 0.15) is 0 Å². The summed E-state index contributed by atoms with van der Waals surface area (Å²) >= 11 is 2.03. The molecule has 3 heteroatoms. The van der Waals surface area contributed by atoms with Crippen molar-refractivity contribution in [2.45, 2.75) is 25.6 Å². The molecule has 0 bridgehead atoms. The Bertz CT molecular complexity index is 243. The van der Waals surface area contributed by atoms with Gasteiger partial charge in [0.15, 0.2) is 5.79 Å². The van der Waals surface area contributed by atoms with Crippen molar-refractivity contribution in [1.82, 2.24) is 0 Å². The van der Waals surface area contributed by atoms with Crippen molar-refractivity contribution in [3.8, 4) is 9.85 Å². The first kappa shape index (κ1) is 11.0. The smallest absolute Gasteiger partial charge is 0.191 e. The van der Waals surface area contributed by atoms with E-state index >= 15 is 0 Å². The summed E-state index contributed by atoms with van der Waals surface area (Å²) < 4.78 is 13.9.